The van der Waals surface area contributed by atoms with Gasteiger partial charge in [0.05, 0.1) is 11.7 Å². The fourth-order valence-corrected chi connectivity index (χ4v) is 1.84. The van der Waals surface area contributed by atoms with Gasteiger partial charge in [-0.2, -0.15) is 12.6 Å². The van der Waals surface area contributed by atoms with Gasteiger partial charge in [-0.25, -0.2) is 4.79 Å². The van der Waals surface area contributed by atoms with Crippen LogP contribution in [-0.2, 0) is 11.3 Å². The number of benzene rings is 1. The molecule has 2 unspecified atom stereocenters. The van der Waals surface area contributed by atoms with Crippen LogP contribution in [0.4, 0.5) is 0 Å². The molecule has 2 N–H and O–H groups in total. The van der Waals surface area contributed by atoms with E-state index in [4.69, 9.17) is 4.74 Å². The molecule has 1 aliphatic rings. The fourth-order valence-electron chi connectivity index (χ4n) is 1.64. The van der Waals surface area contributed by atoms with E-state index in [0.29, 0.717) is 11.1 Å². The molecule has 0 fully saturated rings. The minimum absolute atomic E-state index is 0.155. The zero-order chi connectivity index (χ0) is 11.7. The highest BCUT2D eigenvalue weighted by molar-refractivity contribution is 7.80. The number of cyclic esters (lactones) is 1. The van der Waals surface area contributed by atoms with Crippen molar-refractivity contribution in [2.45, 2.75) is 18.8 Å². The summed E-state index contributed by atoms with van der Waals surface area (Å²) in [5.74, 6) is -0.229. The fraction of sp³-hybridized carbons (Fsp3) is 0.364. The number of esters is 1. The van der Waals surface area contributed by atoms with Crippen molar-refractivity contribution in [1.29, 1.82) is 0 Å². The first-order valence-corrected chi connectivity index (χ1v) is 5.53. The second kappa shape index (κ2) is 4.45. The molecule has 86 valence electrons. The monoisotopic (exact) mass is 240 g/mol. The van der Waals surface area contributed by atoms with Crippen molar-refractivity contribution in [1.82, 2.24) is 0 Å². The van der Waals surface area contributed by atoms with Crippen molar-refractivity contribution in [2.24, 2.45) is 0 Å². The van der Waals surface area contributed by atoms with Crippen LogP contribution in [0.5, 0.6) is 0 Å². The van der Waals surface area contributed by atoms with Gasteiger partial charge in [-0.05, 0) is 11.6 Å². The average molecular weight is 240 g/mol. The summed E-state index contributed by atoms with van der Waals surface area (Å²) < 4.78 is 4.85. The maximum Gasteiger partial charge on any atom is 0.338 e. The first-order valence-electron chi connectivity index (χ1n) is 4.90. The molecule has 0 saturated carbocycles. The van der Waals surface area contributed by atoms with E-state index in [9.17, 15) is 15.0 Å². The third kappa shape index (κ3) is 1.93. The van der Waals surface area contributed by atoms with Gasteiger partial charge in [-0.1, -0.05) is 12.1 Å². The molecule has 16 heavy (non-hydrogen) atoms. The highest BCUT2D eigenvalue weighted by atomic mass is 32.1. The number of thiol groups is 1. The third-order valence-electron chi connectivity index (χ3n) is 2.61. The Labute approximate surface area is 98.3 Å². The van der Waals surface area contributed by atoms with E-state index in [2.05, 4.69) is 12.6 Å². The molecule has 0 aliphatic carbocycles. The van der Waals surface area contributed by atoms with E-state index in [1.807, 2.05) is 0 Å². The highest BCUT2D eigenvalue weighted by Crippen LogP contribution is 2.25. The van der Waals surface area contributed by atoms with Gasteiger partial charge in [0.15, 0.2) is 0 Å². The summed E-state index contributed by atoms with van der Waals surface area (Å²) in [6.07, 6.45) is -1.98. The largest absolute Gasteiger partial charge is 0.457 e. The van der Waals surface area contributed by atoms with Crippen molar-refractivity contribution in [3.8, 4) is 0 Å². The summed E-state index contributed by atoms with van der Waals surface area (Å²) in [5, 5.41) is 19.2. The molecule has 1 heterocycles. The Kier molecular flexibility index (Phi) is 3.18. The van der Waals surface area contributed by atoms with Gasteiger partial charge in [-0.3, -0.25) is 0 Å². The number of aliphatic hydroxyl groups excluding tert-OH is 2. The molecule has 5 heteroatoms. The van der Waals surface area contributed by atoms with Gasteiger partial charge in [0, 0.05) is 11.3 Å². The summed E-state index contributed by atoms with van der Waals surface area (Å²) in [7, 11) is 0. The number of hydrogen-bond donors (Lipinski definition) is 3. The minimum atomic E-state index is -1.03. The maximum atomic E-state index is 11.3. The number of carbonyl (C=O) groups excluding carboxylic acids is 1. The summed E-state index contributed by atoms with van der Waals surface area (Å²) in [6, 6.07) is 4.96. The molecular weight excluding hydrogens is 228 g/mol. The van der Waals surface area contributed by atoms with Crippen LogP contribution in [-0.4, -0.2) is 28.0 Å². The Balaban J connectivity index is 2.31. The lowest BCUT2D eigenvalue weighted by Crippen LogP contribution is -2.20. The van der Waals surface area contributed by atoms with Crippen molar-refractivity contribution >= 4 is 18.6 Å². The van der Waals surface area contributed by atoms with Crippen LogP contribution in [0.3, 0.4) is 0 Å². The minimum Gasteiger partial charge on any atom is -0.457 e. The summed E-state index contributed by atoms with van der Waals surface area (Å²) in [4.78, 5) is 11.3. The first kappa shape index (κ1) is 11.4. The lowest BCUT2D eigenvalue weighted by atomic mass is 10.00. The molecule has 0 bridgehead atoms. The van der Waals surface area contributed by atoms with E-state index in [-0.39, 0.29) is 18.3 Å². The Morgan fingerprint density at radius 3 is 2.88 bits per heavy atom. The first-order chi connectivity index (χ1) is 7.63. The average Bonchev–Trinajstić information content (AvgIpc) is 2.68. The molecule has 1 aromatic carbocycles. The number of rotatable bonds is 3. The molecule has 0 saturated heterocycles. The van der Waals surface area contributed by atoms with Crippen LogP contribution in [0, 0.1) is 0 Å². The van der Waals surface area contributed by atoms with E-state index in [0.717, 1.165) is 5.56 Å². The van der Waals surface area contributed by atoms with E-state index >= 15 is 0 Å². The van der Waals surface area contributed by atoms with Crippen molar-refractivity contribution < 1.29 is 19.7 Å². The molecule has 0 aromatic heterocycles. The molecule has 2 rings (SSSR count). The predicted octanol–water partition coefficient (Wildman–Crippen LogP) is 0.681. The van der Waals surface area contributed by atoms with Crippen molar-refractivity contribution in [3.05, 3.63) is 34.9 Å². The van der Waals surface area contributed by atoms with E-state index < -0.39 is 12.2 Å². The Morgan fingerprint density at radius 2 is 2.19 bits per heavy atom. The molecule has 1 aromatic rings. The maximum absolute atomic E-state index is 11.3. The molecule has 0 radical (unpaired) electrons. The van der Waals surface area contributed by atoms with Gasteiger partial charge >= 0.3 is 5.97 Å². The second-order valence-electron chi connectivity index (χ2n) is 3.69. The third-order valence-corrected chi connectivity index (χ3v) is 2.98. The summed E-state index contributed by atoms with van der Waals surface area (Å²) >= 11 is 3.90. The summed E-state index contributed by atoms with van der Waals surface area (Å²) in [5.41, 5.74) is 1.77. The van der Waals surface area contributed by atoms with Crippen LogP contribution in [0.15, 0.2) is 18.2 Å². The Hall–Kier alpha value is -1.04. The zero-order valence-corrected chi connectivity index (χ0v) is 9.35. The predicted molar refractivity (Wildman–Crippen MR) is 60.4 cm³/mol. The van der Waals surface area contributed by atoms with Gasteiger partial charge in [0.2, 0.25) is 0 Å². The highest BCUT2D eigenvalue weighted by Gasteiger charge is 2.24. The van der Waals surface area contributed by atoms with E-state index in [1.165, 1.54) is 0 Å². The lowest BCUT2D eigenvalue weighted by Gasteiger charge is -2.16. The molecule has 1 aliphatic heterocycles. The second-order valence-corrected chi connectivity index (χ2v) is 4.05. The SMILES string of the molecule is O=C1OCc2ccc(C(O)C(O)CS)cc21. The standard InChI is InChI=1S/C11H12O4S/c12-9(5-16)10(13)6-1-2-7-4-15-11(14)8(7)3-6/h1-3,9-10,12-13,16H,4-5H2. The topological polar surface area (TPSA) is 66.8 Å². The van der Waals surface area contributed by atoms with Crippen LogP contribution in [0.1, 0.15) is 27.6 Å². The zero-order valence-electron chi connectivity index (χ0n) is 8.46. The lowest BCUT2D eigenvalue weighted by molar-refractivity contribution is 0.0336. The van der Waals surface area contributed by atoms with Crippen LogP contribution in [0.25, 0.3) is 0 Å². The van der Waals surface area contributed by atoms with Crippen LogP contribution in [0.2, 0.25) is 0 Å². The van der Waals surface area contributed by atoms with Gasteiger partial charge < -0.3 is 14.9 Å². The number of hydrogen-bond acceptors (Lipinski definition) is 5. The number of ether oxygens (including phenoxy) is 1. The smallest absolute Gasteiger partial charge is 0.338 e. The van der Waals surface area contributed by atoms with Gasteiger partial charge in [-0.15, -0.1) is 0 Å². The van der Waals surface area contributed by atoms with Gasteiger partial charge in [0.1, 0.15) is 12.7 Å². The Morgan fingerprint density at radius 1 is 1.44 bits per heavy atom. The van der Waals surface area contributed by atoms with Gasteiger partial charge in [0.25, 0.3) is 0 Å². The normalized spacial score (nSPS) is 17.8. The van der Waals surface area contributed by atoms with Crippen molar-refractivity contribution in [2.75, 3.05) is 5.75 Å². The Bertz CT molecular complexity index is 418. The molecule has 4 nitrogen and oxygen atoms in total. The number of aliphatic hydroxyl groups is 2. The van der Waals surface area contributed by atoms with Crippen LogP contribution < -0.4 is 0 Å². The quantitative estimate of drug-likeness (QED) is 0.537. The van der Waals surface area contributed by atoms with Crippen LogP contribution >= 0.6 is 12.6 Å². The summed E-state index contributed by atoms with van der Waals surface area (Å²) in [6.45, 7) is 0.277. The van der Waals surface area contributed by atoms with E-state index in [1.54, 1.807) is 18.2 Å². The number of fused-ring (bicyclic) bond motifs is 1. The molecule has 2 atom stereocenters. The number of carbonyl (C=O) groups is 1. The molecule has 0 amide bonds. The molecule has 0 spiro atoms. The molecular formula is C11H12O4S. The van der Waals surface area contributed by atoms with Crippen molar-refractivity contribution in [3.63, 3.8) is 0 Å².